The summed E-state index contributed by atoms with van der Waals surface area (Å²) < 4.78 is 6.40. The summed E-state index contributed by atoms with van der Waals surface area (Å²) in [5, 5.41) is 7.21. The van der Waals surface area contributed by atoms with Gasteiger partial charge in [-0.25, -0.2) is 4.98 Å². The quantitative estimate of drug-likeness (QED) is 0.678. The zero-order valence-electron chi connectivity index (χ0n) is 14.2. The smallest absolute Gasteiger partial charge is 0.265 e. The Morgan fingerprint density at radius 1 is 1.19 bits per heavy atom. The van der Waals surface area contributed by atoms with Gasteiger partial charge in [-0.05, 0) is 18.2 Å². The Labute approximate surface area is 159 Å². The first-order chi connectivity index (χ1) is 12.8. The van der Waals surface area contributed by atoms with Crippen LogP contribution in [0.25, 0.3) is 9.53 Å². The predicted octanol–water partition coefficient (Wildman–Crippen LogP) is 3.35. The van der Waals surface area contributed by atoms with Gasteiger partial charge in [-0.15, -0.1) is 11.3 Å². The second kappa shape index (κ2) is 8.13. The molecule has 1 aliphatic rings. The molecule has 0 aliphatic carbocycles. The minimum atomic E-state index is -0.0896. The van der Waals surface area contributed by atoms with Crippen molar-refractivity contribution in [3.63, 3.8) is 0 Å². The van der Waals surface area contributed by atoms with Gasteiger partial charge in [-0.2, -0.15) is 0 Å². The zero-order valence-corrected chi connectivity index (χ0v) is 15.9. The molecular weight excluding hydrogens is 368 g/mol. The summed E-state index contributed by atoms with van der Waals surface area (Å²) in [6, 6.07) is 11.4. The molecule has 1 aromatic carbocycles. The average Bonchev–Trinajstić information content (AvgIpc) is 3.22. The number of carbonyl (C=O) groups excluding carboxylic acids is 1. The first kappa shape index (κ1) is 17.4. The Kier molecular flexibility index (Phi) is 5.45. The number of thiophene rings is 1. The first-order valence-electron chi connectivity index (χ1n) is 8.59. The molecule has 4 rings (SSSR count). The number of hydrogen-bond acceptors (Lipinski definition) is 7. The number of carbonyl (C=O) groups is 1. The second-order valence-corrected chi connectivity index (χ2v) is 8.06. The summed E-state index contributed by atoms with van der Waals surface area (Å²) in [4.78, 5) is 20.9. The lowest BCUT2D eigenvalue weighted by molar-refractivity contribution is 0.0398. The molecular formula is C18H20N4O2S2. The van der Waals surface area contributed by atoms with E-state index in [1.54, 1.807) is 11.3 Å². The maximum atomic E-state index is 12.4. The van der Waals surface area contributed by atoms with E-state index in [9.17, 15) is 4.79 Å². The number of nitrogens with one attached hydrogen (secondary N) is 2. The third kappa shape index (κ3) is 4.21. The van der Waals surface area contributed by atoms with Gasteiger partial charge >= 0.3 is 0 Å². The van der Waals surface area contributed by atoms with E-state index >= 15 is 0 Å². The lowest BCUT2D eigenvalue weighted by Gasteiger charge is -2.26. The topological polar surface area (TPSA) is 66.5 Å². The van der Waals surface area contributed by atoms with Crippen LogP contribution in [0.3, 0.4) is 0 Å². The highest BCUT2D eigenvalue weighted by Gasteiger charge is 2.15. The molecule has 1 fully saturated rings. The SMILES string of the molecule is O=C(Nc1ccccc1)c1cc2sc(NCCN3CCOCC3)nc2s1. The van der Waals surface area contributed by atoms with Crippen molar-refractivity contribution >= 4 is 48.9 Å². The van der Waals surface area contributed by atoms with E-state index in [-0.39, 0.29) is 5.91 Å². The molecule has 1 saturated heterocycles. The van der Waals surface area contributed by atoms with Crippen LogP contribution in [0.1, 0.15) is 9.67 Å². The summed E-state index contributed by atoms with van der Waals surface area (Å²) in [6.45, 7) is 5.48. The van der Waals surface area contributed by atoms with Crippen molar-refractivity contribution in [1.29, 1.82) is 0 Å². The van der Waals surface area contributed by atoms with Gasteiger partial charge in [0.1, 0.15) is 4.83 Å². The summed E-state index contributed by atoms with van der Waals surface area (Å²) in [6.07, 6.45) is 0. The first-order valence-corrected chi connectivity index (χ1v) is 10.2. The number of amides is 1. The fourth-order valence-electron chi connectivity index (χ4n) is 2.78. The van der Waals surface area contributed by atoms with E-state index in [0.29, 0.717) is 4.88 Å². The molecule has 0 atom stereocenters. The molecule has 6 nitrogen and oxygen atoms in total. The molecule has 1 amide bonds. The maximum Gasteiger partial charge on any atom is 0.265 e. The minimum absolute atomic E-state index is 0.0896. The van der Waals surface area contributed by atoms with Crippen LogP contribution >= 0.6 is 22.7 Å². The number of thiazole rings is 1. The number of morpholine rings is 1. The highest BCUT2D eigenvalue weighted by atomic mass is 32.1. The van der Waals surface area contributed by atoms with Crippen LogP contribution < -0.4 is 10.6 Å². The molecule has 26 heavy (non-hydrogen) atoms. The van der Waals surface area contributed by atoms with Crippen LogP contribution in [-0.4, -0.2) is 55.2 Å². The number of para-hydroxylation sites is 1. The number of nitrogens with zero attached hydrogens (tertiary/aromatic N) is 2. The lowest BCUT2D eigenvalue weighted by atomic mass is 10.3. The monoisotopic (exact) mass is 388 g/mol. The lowest BCUT2D eigenvalue weighted by Crippen LogP contribution is -2.38. The number of ether oxygens (including phenoxy) is 1. The van der Waals surface area contributed by atoms with Crippen LogP contribution in [-0.2, 0) is 4.74 Å². The number of anilines is 2. The maximum absolute atomic E-state index is 12.4. The van der Waals surface area contributed by atoms with Crippen LogP contribution in [0, 0.1) is 0 Å². The Hall–Kier alpha value is -2.00. The van der Waals surface area contributed by atoms with Crippen molar-refractivity contribution in [2.45, 2.75) is 0 Å². The van der Waals surface area contributed by atoms with E-state index in [0.717, 1.165) is 59.7 Å². The van der Waals surface area contributed by atoms with Gasteiger partial charge in [0.15, 0.2) is 5.13 Å². The highest BCUT2D eigenvalue weighted by Crippen LogP contribution is 2.33. The summed E-state index contributed by atoms with van der Waals surface area (Å²) in [5.41, 5.74) is 0.799. The average molecular weight is 389 g/mol. The van der Waals surface area contributed by atoms with E-state index in [2.05, 4.69) is 20.5 Å². The molecule has 3 heterocycles. The van der Waals surface area contributed by atoms with E-state index < -0.39 is 0 Å². The van der Waals surface area contributed by atoms with E-state index in [1.807, 2.05) is 36.4 Å². The van der Waals surface area contributed by atoms with Crippen molar-refractivity contribution in [3.8, 4) is 0 Å². The van der Waals surface area contributed by atoms with Gasteiger partial charge in [-0.3, -0.25) is 9.69 Å². The third-order valence-corrected chi connectivity index (χ3v) is 6.27. The van der Waals surface area contributed by atoms with Gasteiger partial charge in [0.05, 0.1) is 22.8 Å². The minimum Gasteiger partial charge on any atom is -0.379 e. The van der Waals surface area contributed by atoms with E-state index in [4.69, 9.17) is 4.74 Å². The standard InChI is InChI=1S/C18H20N4O2S2/c23-16(20-13-4-2-1-3-5-13)14-12-15-17(25-14)21-18(26-15)19-6-7-22-8-10-24-11-9-22/h1-5,12H,6-11H2,(H,19,21)(H,20,23). The number of benzene rings is 1. The number of hydrogen-bond donors (Lipinski definition) is 2. The number of fused-ring (bicyclic) bond motifs is 1. The summed E-state index contributed by atoms with van der Waals surface area (Å²) in [5.74, 6) is -0.0896. The van der Waals surface area contributed by atoms with Crippen LogP contribution in [0.15, 0.2) is 36.4 Å². The molecule has 136 valence electrons. The van der Waals surface area contributed by atoms with Crippen molar-refractivity contribution in [2.24, 2.45) is 0 Å². The Morgan fingerprint density at radius 3 is 2.77 bits per heavy atom. The number of aromatic nitrogens is 1. The second-order valence-electron chi connectivity index (χ2n) is 6.00. The molecule has 2 aromatic heterocycles. The molecule has 0 radical (unpaired) electrons. The van der Waals surface area contributed by atoms with Gasteiger partial charge < -0.3 is 15.4 Å². The van der Waals surface area contributed by atoms with E-state index in [1.165, 1.54) is 11.3 Å². The van der Waals surface area contributed by atoms with Gasteiger partial charge in [0.2, 0.25) is 0 Å². The third-order valence-electron chi connectivity index (χ3n) is 4.15. The molecule has 0 unspecified atom stereocenters. The Morgan fingerprint density at radius 2 is 2.00 bits per heavy atom. The van der Waals surface area contributed by atoms with Gasteiger partial charge in [0, 0.05) is 31.9 Å². The Balaban J connectivity index is 1.34. The van der Waals surface area contributed by atoms with Gasteiger partial charge in [-0.1, -0.05) is 29.5 Å². The molecule has 1 aliphatic heterocycles. The number of rotatable bonds is 6. The zero-order chi connectivity index (χ0) is 17.8. The summed E-state index contributed by atoms with van der Waals surface area (Å²) >= 11 is 3.02. The highest BCUT2D eigenvalue weighted by molar-refractivity contribution is 7.29. The van der Waals surface area contributed by atoms with Crippen molar-refractivity contribution in [2.75, 3.05) is 50.0 Å². The van der Waals surface area contributed by atoms with Gasteiger partial charge in [0.25, 0.3) is 5.91 Å². The van der Waals surface area contributed by atoms with Crippen LogP contribution in [0.4, 0.5) is 10.8 Å². The fourth-order valence-corrected chi connectivity index (χ4v) is 4.82. The fraction of sp³-hybridized carbons (Fsp3) is 0.333. The molecule has 8 heteroatoms. The molecule has 3 aromatic rings. The normalized spacial score (nSPS) is 15.2. The van der Waals surface area contributed by atoms with Crippen LogP contribution in [0.2, 0.25) is 0 Å². The van der Waals surface area contributed by atoms with Crippen molar-refractivity contribution < 1.29 is 9.53 Å². The largest absolute Gasteiger partial charge is 0.379 e. The molecule has 0 spiro atoms. The van der Waals surface area contributed by atoms with Crippen molar-refractivity contribution in [1.82, 2.24) is 9.88 Å². The predicted molar refractivity (Wildman–Crippen MR) is 108 cm³/mol. The van der Waals surface area contributed by atoms with Crippen LogP contribution in [0.5, 0.6) is 0 Å². The molecule has 2 N–H and O–H groups in total. The van der Waals surface area contributed by atoms with Crippen molar-refractivity contribution in [3.05, 3.63) is 41.3 Å². The Bertz CT molecular complexity index is 840. The molecule has 0 bridgehead atoms. The molecule has 0 saturated carbocycles. The summed E-state index contributed by atoms with van der Waals surface area (Å²) in [7, 11) is 0.